The second-order valence-corrected chi connectivity index (χ2v) is 5.83. The molecule has 0 saturated heterocycles. The largest absolute Gasteiger partial charge is 0.495 e. The van der Waals surface area contributed by atoms with E-state index in [9.17, 15) is 4.79 Å². The second-order valence-electron chi connectivity index (χ2n) is 5.83. The molecule has 0 fully saturated rings. The molecule has 0 unspecified atom stereocenters. The maximum atomic E-state index is 12.6. The van der Waals surface area contributed by atoms with E-state index in [0.29, 0.717) is 23.1 Å². The summed E-state index contributed by atoms with van der Waals surface area (Å²) in [7, 11) is 1.56. The van der Waals surface area contributed by atoms with Gasteiger partial charge in [0, 0.05) is 11.8 Å². The van der Waals surface area contributed by atoms with E-state index >= 15 is 0 Å². The number of nitrogens with one attached hydrogen (secondary N) is 2. The van der Waals surface area contributed by atoms with Crippen LogP contribution in [0, 0.1) is 13.8 Å². The predicted molar refractivity (Wildman–Crippen MR) is 102 cm³/mol. The Balaban J connectivity index is 1.82. The van der Waals surface area contributed by atoms with Gasteiger partial charge in [-0.1, -0.05) is 29.8 Å². The van der Waals surface area contributed by atoms with Crippen LogP contribution in [0.15, 0.2) is 54.6 Å². The lowest BCUT2D eigenvalue weighted by molar-refractivity contribution is 0.102. The Morgan fingerprint density at radius 2 is 1.73 bits per heavy atom. The number of hydrogen-bond acceptors (Lipinski definition) is 5. The Morgan fingerprint density at radius 1 is 1.00 bits per heavy atom. The van der Waals surface area contributed by atoms with Gasteiger partial charge in [0.25, 0.3) is 5.91 Å². The zero-order chi connectivity index (χ0) is 18.5. The summed E-state index contributed by atoms with van der Waals surface area (Å²) < 4.78 is 5.26. The molecule has 26 heavy (non-hydrogen) atoms. The van der Waals surface area contributed by atoms with Crippen LogP contribution in [0.3, 0.4) is 0 Å². The van der Waals surface area contributed by atoms with Crippen LogP contribution in [-0.4, -0.2) is 23.0 Å². The number of benzene rings is 2. The smallest absolute Gasteiger partial charge is 0.274 e. The Labute approximate surface area is 152 Å². The van der Waals surface area contributed by atoms with Crippen molar-refractivity contribution in [3.63, 3.8) is 0 Å². The van der Waals surface area contributed by atoms with Crippen molar-refractivity contribution < 1.29 is 9.53 Å². The lowest BCUT2D eigenvalue weighted by Gasteiger charge is -2.11. The van der Waals surface area contributed by atoms with Crippen molar-refractivity contribution >= 4 is 23.1 Å². The number of para-hydroxylation sites is 2. The minimum atomic E-state index is -0.327. The maximum absolute atomic E-state index is 12.6. The third kappa shape index (κ3) is 4.16. The first-order chi connectivity index (χ1) is 12.5. The third-order valence-corrected chi connectivity index (χ3v) is 3.75. The average Bonchev–Trinajstić information content (AvgIpc) is 2.63. The van der Waals surface area contributed by atoms with E-state index in [1.807, 2.05) is 43.3 Å². The lowest BCUT2D eigenvalue weighted by Crippen LogP contribution is -2.16. The van der Waals surface area contributed by atoms with Crippen molar-refractivity contribution in [3.8, 4) is 5.75 Å². The predicted octanol–water partition coefficient (Wildman–Crippen LogP) is 4.10. The molecule has 0 saturated carbocycles. The molecule has 0 radical (unpaired) electrons. The molecule has 3 rings (SSSR count). The summed E-state index contributed by atoms with van der Waals surface area (Å²) in [5.41, 5.74) is 2.93. The summed E-state index contributed by atoms with van der Waals surface area (Å²) in [6, 6.07) is 16.8. The number of carbonyl (C=O) groups is 1. The number of nitrogens with zero attached hydrogens (tertiary/aromatic N) is 2. The molecule has 2 N–H and O–H groups in total. The maximum Gasteiger partial charge on any atom is 0.274 e. The molecule has 3 aromatic rings. The fourth-order valence-electron chi connectivity index (χ4n) is 2.47. The van der Waals surface area contributed by atoms with Gasteiger partial charge in [0.05, 0.1) is 12.8 Å². The lowest BCUT2D eigenvalue weighted by atomic mass is 10.2. The number of hydrogen-bond donors (Lipinski definition) is 2. The van der Waals surface area contributed by atoms with E-state index in [1.54, 1.807) is 32.2 Å². The van der Waals surface area contributed by atoms with E-state index in [1.165, 1.54) is 5.56 Å². The van der Waals surface area contributed by atoms with Gasteiger partial charge in [-0.05, 0) is 38.1 Å². The zero-order valence-corrected chi connectivity index (χ0v) is 14.9. The van der Waals surface area contributed by atoms with Crippen molar-refractivity contribution in [2.24, 2.45) is 0 Å². The van der Waals surface area contributed by atoms with Crippen molar-refractivity contribution in [3.05, 3.63) is 71.7 Å². The first kappa shape index (κ1) is 17.4. The van der Waals surface area contributed by atoms with Gasteiger partial charge in [0.1, 0.15) is 23.1 Å². The minimum Gasteiger partial charge on any atom is -0.495 e. The van der Waals surface area contributed by atoms with Crippen LogP contribution in [0.25, 0.3) is 0 Å². The molecule has 0 bridgehead atoms. The topological polar surface area (TPSA) is 76.1 Å². The molecule has 1 aromatic heterocycles. The van der Waals surface area contributed by atoms with Gasteiger partial charge >= 0.3 is 0 Å². The molecule has 0 aliphatic carbocycles. The van der Waals surface area contributed by atoms with Crippen LogP contribution in [0.5, 0.6) is 5.75 Å². The highest BCUT2D eigenvalue weighted by molar-refractivity contribution is 6.04. The molecular weight excluding hydrogens is 328 g/mol. The van der Waals surface area contributed by atoms with Gasteiger partial charge < -0.3 is 15.4 Å². The van der Waals surface area contributed by atoms with Crippen molar-refractivity contribution in [2.75, 3.05) is 17.7 Å². The average molecular weight is 348 g/mol. The van der Waals surface area contributed by atoms with Crippen molar-refractivity contribution in [1.29, 1.82) is 0 Å². The molecule has 1 heterocycles. The first-order valence-electron chi connectivity index (χ1n) is 8.19. The van der Waals surface area contributed by atoms with Gasteiger partial charge in [-0.25, -0.2) is 9.97 Å². The third-order valence-electron chi connectivity index (χ3n) is 3.75. The molecule has 6 heteroatoms. The van der Waals surface area contributed by atoms with Crippen molar-refractivity contribution in [1.82, 2.24) is 9.97 Å². The van der Waals surface area contributed by atoms with Crippen LogP contribution in [0.2, 0.25) is 0 Å². The molecule has 2 aromatic carbocycles. The summed E-state index contributed by atoms with van der Waals surface area (Å²) in [5.74, 6) is 1.33. The zero-order valence-electron chi connectivity index (χ0n) is 14.9. The number of aromatic nitrogens is 2. The van der Waals surface area contributed by atoms with Gasteiger partial charge in [0.2, 0.25) is 0 Å². The van der Waals surface area contributed by atoms with Crippen LogP contribution in [0.1, 0.15) is 21.9 Å². The summed E-state index contributed by atoms with van der Waals surface area (Å²) in [4.78, 5) is 21.2. The number of carbonyl (C=O) groups excluding carboxylic acids is 1. The highest BCUT2D eigenvalue weighted by Gasteiger charge is 2.13. The fraction of sp³-hybridized carbons (Fsp3) is 0.150. The van der Waals surface area contributed by atoms with E-state index < -0.39 is 0 Å². The summed E-state index contributed by atoms with van der Waals surface area (Å²) in [5, 5.41) is 6.02. The van der Waals surface area contributed by atoms with E-state index in [0.717, 1.165) is 5.69 Å². The highest BCUT2D eigenvalue weighted by Crippen LogP contribution is 2.24. The Kier molecular flexibility index (Phi) is 5.12. The van der Waals surface area contributed by atoms with E-state index in [2.05, 4.69) is 20.6 Å². The number of ether oxygens (including phenoxy) is 1. The van der Waals surface area contributed by atoms with Gasteiger partial charge in [-0.15, -0.1) is 0 Å². The van der Waals surface area contributed by atoms with E-state index in [-0.39, 0.29) is 11.6 Å². The van der Waals surface area contributed by atoms with Gasteiger partial charge in [0.15, 0.2) is 0 Å². The molecular formula is C20H20N4O2. The Hall–Kier alpha value is -3.41. The number of methoxy groups -OCH3 is 1. The normalized spacial score (nSPS) is 10.3. The van der Waals surface area contributed by atoms with E-state index in [4.69, 9.17) is 4.74 Å². The molecule has 0 aliphatic heterocycles. The van der Waals surface area contributed by atoms with Crippen molar-refractivity contribution in [2.45, 2.75) is 13.8 Å². The molecule has 132 valence electrons. The molecule has 6 nitrogen and oxygen atoms in total. The number of aryl methyl sites for hydroxylation is 2. The fourth-order valence-corrected chi connectivity index (χ4v) is 2.47. The quantitative estimate of drug-likeness (QED) is 0.726. The number of anilines is 3. The number of amides is 1. The first-order valence-corrected chi connectivity index (χ1v) is 8.19. The summed E-state index contributed by atoms with van der Waals surface area (Å²) >= 11 is 0. The monoisotopic (exact) mass is 348 g/mol. The molecule has 0 aliphatic rings. The molecule has 0 spiro atoms. The van der Waals surface area contributed by atoms with Gasteiger partial charge in [-0.2, -0.15) is 0 Å². The minimum absolute atomic E-state index is 0.276. The Morgan fingerprint density at radius 3 is 2.46 bits per heavy atom. The summed E-state index contributed by atoms with van der Waals surface area (Å²) in [6.07, 6.45) is 0. The molecule has 1 amide bonds. The highest BCUT2D eigenvalue weighted by atomic mass is 16.5. The van der Waals surface area contributed by atoms with Crippen LogP contribution >= 0.6 is 0 Å². The SMILES string of the molecule is COc1ccccc1NC(=O)c1cc(Nc2ccc(C)cc2)nc(C)n1. The van der Waals surface area contributed by atoms with Crippen LogP contribution < -0.4 is 15.4 Å². The Bertz CT molecular complexity index is 923. The second kappa shape index (κ2) is 7.65. The number of rotatable bonds is 5. The van der Waals surface area contributed by atoms with Crippen LogP contribution in [0.4, 0.5) is 17.2 Å². The van der Waals surface area contributed by atoms with Gasteiger partial charge in [-0.3, -0.25) is 4.79 Å². The molecule has 0 atom stereocenters. The van der Waals surface area contributed by atoms with Crippen LogP contribution in [-0.2, 0) is 0 Å². The summed E-state index contributed by atoms with van der Waals surface area (Å²) in [6.45, 7) is 3.78. The standard InChI is InChI=1S/C20H20N4O2/c1-13-8-10-15(11-9-13)23-19-12-17(21-14(2)22-19)20(25)24-16-6-4-5-7-18(16)26-3/h4-12H,1-3H3,(H,24,25)(H,21,22,23).